The van der Waals surface area contributed by atoms with E-state index >= 15 is 0 Å². The van der Waals surface area contributed by atoms with E-state index in [9.17, 15) is 4.79 Å². The molecule has 0 spiro atoms. The van der Waals surface area contributed by atoms with E-state index < -0.39 is 5.97 Å². The van der Waals surface area contributed by atoms with E-state index in [0.717, 1.165) is 12.8 Å². The third-order valence-electron chi connectivity index (χ3n) is 2.72. The van der Waals surface area contributed by atoms with Crippen LogP contribution in [0, 0.1) is 0 Å². The predicted octanol–water partition coefficient (Wildman–Crippen LogP) is 2.58. The average molecular weight is 289 g/mol. The summed E-state index contributed by atoms with van der Waals surface area (Å²) in [6.07, 6.45) is 5.78. The molecular weight excluding hydrogens is 276 g/mol. The molecule has 6 heteroatoms. The molecule has 5 nitrogen and oxygen atoms in total. The van der Waals surface area contributed by atoms with Gasteiger partial charge in [-0.3, -0.25) is 5.10 Å². The number of hydrogen-bond donors (Lipinski definition) is 2. The molecule has 1 aliphatic carbocycles. The van der Waals surface area contributed by atoms with E-state index in [1.807, 2.05) is 0 Å². The van der Waals surface area contributed by atoms with Crippen molar-refractivity contribution < 1.29 is 14.6 Å². The molecule has 1 aromatic rings. The zero-order valence-corrected chi connectivity index (χ0v) is 10.3. The number of carboxylic acids is 1. The van der Waals surface area contributed by atoms with Crippen LogP contribution in [0.2, 0.25) is 0 Å². The van der Waals surface area contributed by atoms with Crippen LogP contribution in [0.25, 0.3) is 0 Å². The summed E-state index contributed by atoms with van der Waals surface area (Å²) in [5.41, 5.74) is 0.0332. The molecule has 2 N–H and O–H groups in total. The van der Waals surface area contributed by atoms with E-state index in [0.29, 0.717) is 10.4 Å². The predicted molar refractivity (Wildman–Crippen MR) is 60.7 cm³/mol. The molecule has 1 aromatic heterocycles. The van der Waals surface area contributed by atoms with E-state index in [4.69, 9.17) is 9.84 Å². The minimum Gasteiger partial charge on any atom is -0.476 e. The smallest absolute Gasteiger partial charge is 0.355 e. The summed E-state index contributed by atoms with van der Waals surface area (Å²) in [6.45, 7) is 0. The normalized spacial score (nSPS) is 17.3. The van der Waals surface area contributed by atoms with E-state index in [-0.39, 0.29) is 11.8 Å². The lowest BCUT2D eigenvalue weighted by molar-refractivity contribution is 0.0689. The summed E-state index contributed by atoms with van der Waals surface area (Å²) in [4.78, 5) is 10.8. The highest BCUT2D eigenvalue weighted by atomic mass is 79.9. The number of ether oxygens (including phenoxy) is 1. The standard InChI is InChI=1S/C10H13BrN2O3/c11-7-8(10(14)15)12-13-9(7)16-6-4-2-1-3-5-6/h6H,1-5H2,(H,12,13)(H,14,15). The van der Waals surface area contributed by atoms with Crippen LogP contribution in [0.1, 0.15) is 42.6 Å². The van der Waals surface area contributed by atoms with Gasteiger partial charge in [-0.2, -0.15) is 0 Å². The second-order valence-electron chi connectivity index (χ2n) is 3.90. The molecule has 1 aliphatic rings. The monoisotopic (exact) mass is 288 g/mol. The van der Waals surface area contributed by atoms with Gasteiger partial charge < -0.3 is 9.84 Å². The van der Waals surface area contributed by atoms with Crippen LogP contribution < -0.4 is 4.74 Å². The van der Waals surface area contributed by atoms with Crippen LogP contribution in [0.15, 0.2) is 4.47 Å². The van der Waals surface area contributed by atoms with Gasteiger partial charge in [-0.05, 0) is 41.6 Å². The van der Waals surface area contributed by atoms with Crippen molar-refractivity contribution in [1.82, 2.24) is 10.2 Å². The molecule has 0 unspecified atom stereocenters. The number of aromatic amines is 1. The molecule has 0 bridgehead atoms. The zero-order valence-electron chi connectivity index (χ0n) is 8.70. The average Bonchev–Trinajstić information content (AvgIpc) is 2.62. The third kappa shape index (κ3) is 2.37. The highest BCUT2D eigenvalue weighted by molar-refractivity contribution is 9.10. The first-order valence-corrected chi connectivity index (χ1v) is 6.11. The van der Waals surface area contributed by atoms with Crippen molar-refractivity contribution in [2.75, 3.05) is 0 Å². The number of nitrogens with one attached hydrogen (secondary N) is 1. The van der Waals surface area contributed by atoms with Gasteiger partial charge in [0.05, 0.1) is 0 Å². The van der Waals surface area contributed by atoms with Crippen LogP contribution >= 0.6 is 15.9 Å². The summed E-state index contributed by atoms with van der Waals surface area (Å²) in [5, 5.41) is 15.1. The highest BCUT2D eigenvalue weighted by Crippen LogP contribution is 2.29. The molecule has 2 rings (SSSR count). The molecular formula is C10H13BrN2O3. The number of carbonyl (C=O) groups is 1. The van der Waals surface area contributed by atoms with Gasteiger partial charge in [0.15, 0.2) is 5.69 Å². The van der Waals surface area contributed by atoms with Gasteiger partial charge in [-0.1, -0.05) is 6.42 Å². The Morgan fingerprint density at radius 2 is 2.12 bits per heavy atom. The maximum absolute atomic E-state index is 10.8. The van der Waals surface area contributed by atoms with Crippen LogP contribution in [-0.4, -0.2) is 27.4 Å². The second kappa shape index (κ2) is 4.86. The van der Waals surface area contributed by atoms with Gasteiger partial charge in [0.2, 0.25) is 5.88 Å². The highest BCUT2D eigenvalue weighted by Gasteiger charge is 2.21. The molecule has 1 saturated carbocycles. The van der Waals surface area contributed by atoms with Gasteiger partial charge in [0, 0.05) is 0 Å². The number of aromatic carboxylic acids is 1. The van der Waals surface area contributed by atoms with Gasteiger partial charge in [-0.15, -0.1) is 5.10 Å². The largest absolute Gasteiger partial charge is 0.476 e. The Balaban J connectivity index is 2.06. The number of aromatic nitrogens is 2. The number of carboxylic acid groups (broad SMARTS) is 1. The third-order valence-corrected chi connectivity index (χ3v) is 3.46. The summed E-state index contributed by atoms with van der Waals surface area (Å²) in [6, 6.07) is 0. The summed E-state index contributed by atoms with van der Waals surface area (Å²) < 4.78 is 6.06. The molecule has 1 heterocycles. The van der Waals surface area contributed by atoms with E-state index in [1.165, 1.54) is 19.3 Å². The Hall–Kier alpha value is -1.04. The van der Waals surface area contributed by atoms with Crippen molar-refractivity contribution in [3.05, 3.63) is 10.2 Å². The van der Waals surface area contributed by atoms with Gasteiger partial charge in [-0.25, -0.2) is 4.79 Å². The first-order valence-electron chi connectivity index (χ1n) is 5.32. The molecule has 1 fully saturated rings. The van der Waals surface area contributed by atoms with Crippen molar-refractivity contribution in [3.63, 3.8) is 0 Å². The minimum absolute atomic E-state index is 0.0332. The fraction of sp³-hybridized carbons (Fsp3) is 0.600. The molecule has 0 saturated heterocycles. The van der Waals surface area contributed by atoms with Gasteiger partial charge in [0.1, 0.15) is 10.6 Å². The van der Waals surface area contributed by atoms with Crippen LogP contribution in [0.5, 0.6) is 5.88 Å². The molecule has 88 valence electrons. The Bertz CT molecular complexity index is 385. The second-order valence-corrected chi connectivity index (χ2v) is 4.69. The molecule has 0 aliphatic heterocycles. The Kier molecular flexibility index (Phi) is 3.48. The lowest BCUT2D eigenvalue weighted by atomic mass is 9.98. The van der Waals surface area contributed by atoms with Crippen molar-refractivity contribution in [2.24, 2.45) is 0 Å². The zero-order chi connectivity index (χ0) is 11.5. The Labute approximate surface area is 101 Å². The fourth-order valence-electron chi connectivity index (χ4n) is 1.87. The summed E-state index contributed by atoms with van der Waals surface area (Å²) in [7, 11) is 0. The molecule has 0 radical (unpaired) electrons. The van der Waals surface area contributed by atoms with Crippen molar-refractivity contribution in [2.45, 2.75) is 38.2 Å². The van der Waals surface area contributed by atoms with Gasteiger partial charge in [0.25, 0.3) is 0 Å². The van der Waals surface area contributed by atoms with E-state index in [2.05, 4.69) is 26.1 Å². The van der Waals surface area contributed by atoms with E-state index in [1.54, 1.807) is 0 Å². The Morgan fingerprint density at radius 3 is 2.69 bits per heavy atom. The molecule has 16 heavy (non-hydrogen) atoms. The topological polar surface area (TPSA) is 75.2 Å². The molecule has 0 aromatic carbocycles. The number of hydrogen-bond acceptors (Lipinski definition) is 3. The van der Waals surface area contributed by atoms with Crippen molar-refractivity contribution in [3.8, 4) is 5.88 Å². The maximum atomic E-state index is 10.8. The Morgan fingerprint density at radius 1 is 1.44 bits per heavy atom. The molecule has 0 atom stereocenters. The van der Waals surface area contributed by atoms with Crippen LogP contribution in [0.3, 0.4) is 0 Å². The number of halogens is 1. The SMILES string of the molecule is O=C(O)c1[nH]nc(OC2CCCCC2)c1Br. The number of H-pyrrole nitrogens is 1. The van der Waals surface area contributed by atoms with Gasteiger partial charge >= 0.3 is 5.97 Å². The lowest BCUT2D eigenvalue weighted by Gasteiger charge is -2.21. The summed E-state index contributed by atoms with van der Waals surface area (Å²) >= 11 is 3.18. The quantitative estimate of drug-likeness (QED) is 0.896. The van der Waals surface area contributed by atoms with Crippen LogP contribution in [-0.2, 0) is 0 Å². The number of rotatable bonds is 3. The van der Waals surface area contributed by atoms with Crippen molar-refractivity contribution in [1.29, 1.82) is 0 Å². The summed E-state index contributed by atoms with van der Waals surface area (Å²) in [5.74, 6) is -0.692. The maximum Gasteiger partial charge on any atom is 0.355 e. The van der Waals surface area contributed by atoms with Crippen molar-refractivity contribution >= 4 is 21.9 Å². The lowest BCUT2D eigenvalue weighted by Crippen LogP contribution is -2.19. The number of nitrogens with zero attached hydrogens (tertiary/aromatic N) is 1. The molecule has 0 amide bonds. The minimum atomic E-state index is -1.04. The first kappa shape index (κ1) is 11.4. The van der Waals surface area contributed by atoms with Crippen LogP contribution in [0.4, 0.5) is 0 Å². The fourth-order valence-corrected chi connectivity index (χ4v) is 2.31. The first-order chi connectivity index (χ1) is 7.68.